The van der Waals surface area contributed by atoms with Crippen molar-refractivity contribution < 1.29 is 95.3 Å². The summed E-state index contributed by atoms with van der Waals surface area (Å²) < 4.78 is 71.1. The summed E-state index contributed by atoms with van der Waals surface area (Å²) in [7, 11) is -3.70. The van der Waals surface area contributed by atoms with Gasteiger partial charge in [-0.05, 0) is 59.7 Å². The minimum atomic E-state index is -5.02. The van der Waals surface area contributed by atoms with Crippen LogP contribution in [-0.4, -0.2) is 144 Å². The highest BCUT2D eigenvalue weighted by molar-refractivity contribution is 7.82. The average molecular weight is 927 g/mol. The first-order valence-corrected chi connectivity index (χ1v) is 21.2. The predicted octanol–water partition coefficient (Wildman–Crippen LogP) is -1.25. The molecule has 65 heavy (non-hydrogen) atoms. The van der Waals surface area contributed by atoms with Gasteiger partial charge in [-0.3, -0.25) is 9.59 Å². The summed E-state index contributed by atoms with van der Waals surface area (Å²) >= 11 is 0. The second kappa shape index (κ2) is 18.3. The highest BCUT2D eigenvalue weighted by atomic mass is 32.3. The summed E-state index contributed by atoms with van der Waals surface area (Å²) in [6, 6.07) is 16.8. The summed E-state index contributed by atoms with van der Waals surface area (Å²) in [5.41, 5.74) is 0.539. The van der Waals surface area contributed by atoms with Crippen LogP contribution >= 0.6 is 0 Å². The lowest BCUT2D eigenvalue weighted by Gasteiger charge is -2.48. The van der Waals surface area contributed by atoms with E-state index in [0.717, 1.165) is 12.1 Å². The number of hydrogen-bond acceptors (Lipinski definition) is 20. The van der Waals surface area contributed by atoms with Crippen LogP contribution in [0.2, 0.25) is 0 Å². The van der Waals surface area contributed by atoms with Gasteiger partial charge in [-0.15, -0.1) is 8.42 Å². The van der Waals surface area contributed by atoms with Gasteiger partial charge in [0.05, 0.1) is 23.8 Å². The molecule has 2 fully saturated rings. The van der Waals surface area contributed by atoms with Crippen molar-refractivity contribution in [3.63, 3.8) is 0 Å². The molecule has 9 N–H and O–H groups in total. The molecule has 8 rings (SSSR count). The fourth-order valence-electron chi connectivity index (χ4n) is 7.87. The summed E-state index contributed by atoms with van der Waals surface area (Å²) in [5.74, 6) is -4.56. The third-order valence-electron chi connectivity index (χ3n) is 11.2. The Labute approximate surface area is 368 Å². The minimum absolute atomic E-state index is 0.0469. The Morgan fingerprint density at radius 2 is 1.54 bits per heavy atom. The molecule has 3 heterocycles. The van der Waals surface area contributed by atoms with Gasteiger partial charge in [0.25, 0.3) is 11.8 Å². The molecule has 4 aromatic rings. The lowest BCUT2D eigenvalue weighted by molar-refractivity contribution is -0.277. The van der Waals surface area contributed by atoms with Crippen molar-refractivity contribution in [1.29, 1.82) is 0 Å². The van der Waals surface area contributed by atoms with Gasteiger partial charge in [0.2, 0.25) is 18.8 Å². The normalized spacial score (nSPS) is 27.9. The van der Waals surface area contributed by atoms with E-state index in [1.165, 1.54) is 55.6 Å². The SMILES string of the molecule is CNC(=O)c1ccc(O[C@@H]2O[C@H](CO)[C@H](O)[C@H](O)[C@H]2O)c(OS(=O)(=O)Oc2ccc(COc3c4c(cc5c3C(=O)N[C@@H]3[C@@H](O)[C@@H](O)[C@H](O)[C@@H](OC(=O)c6ccccc6)[C@@H]53)OCO4)cc2)c1. The van der Waals surface area contributed by atoms with Crippen molar-refractivity contribution >= 4 is 28.2 Å². The summed E-state index contributed by atoms with van der Waals surface area (Å²) in [6.45, 7) is -1.30. The maximum Gasteiger partial charge on any atom is 0.501 e. The molecule has 2 amide bonds. The van der Waals surface area contributed by atoms with Gasteiger partial charge in [0.15, 0.2) is 23.0 Å². The van der Waals surface area contributed by atoms with E-state index in [1.54, 1.807) is 18.2 Å². The lowest BCUT2D eigenvalue weighted by atomic mass is 9.70. The summed E-state index contributed by atoms with van der Waals surface area (Å²) in [4.78, 5) is 39.5. The first-order chi connectivity index (χ1) is 31.1. The molecule has 0 unspecified atom stereocenters. The number of ether oxygens (including phenoxy) is 6. The highest BCUT2D eigenvalue weighted by Gasteiger charge is 2.56. The Kier molecular flexibility index (Phi) is 12.8. The predicted molar refractivity (Wildman–Crippen MR) is 215 cm³/mol. The molecule has 0 radical (unpaired) electrons. The Bertz CT molecular complexity index is 2540. The summed E-state index contributed by atoms with van der Waals surface area (Å²) in [5, 5.41) is 78.4. The molecule has 22 nitrogen and oxygen atoms in total. The van der Waals surface area contributed by atoms with E-state index in [0.29, 0.717) is 5.56 Å². The van der Waals surface area contributed by atoms with Crippen molar-refractivity contribution in [3.05, 3.63) is 107 Å². The van der Waals surface area contributed by atoms with Crippen LogP contribution < -0.4 is 37.9 Å². The lowest BCUT2D eigenvalue weighted by Crippen LogP contribution is -2.67. The molecule has 0 spiro atoms. The molecule has 3 aliphatic heterocycles. The van der Waals surface area contributed by atoms with Gasteiger partial charge in [0.1, 0.15) is 61.2 Å². The molecular formula is C42H42N2O20S. The second-order valence-corrected chi connectivity index (χ2v) is 16.3. The molecule has 11 atom stereocenters. The van der Waals surface area contributed by atoms with Crippen molar-refractivity contribution in [1.82, 2.24) is 10.6 Å². The molecule has 23 heteroatoms. The maximum atomic E-state index is 13.8. The van der Waals surface area contributed by atoms with Crippen LogP contribution in [0.15, 0.2) is 78.9 Å². The number of hydrogen-bond donors (Lipinski definition) is 9. The Balaban J connectivity index is 1.01. The van der Waals surface area contributed by atoms with E-state index < -0.39 is 113 Å². The molecule has 1 saturated carbocycles. The van der Waals surface area contributed by atoms with Gasteiger partial charge >= 0.3 is 16.4 Å². The molecule has 4 aromatic carbocycles. The monoisotopic (exact) mass is 926 g/mol. The zero-order valence-corrected chi connectivity index (χ0v) is 34.6. The largest absolute Gasteiger partial charge is 0.501 e. The van der Waals surface area contributed by atoms with Gasteiger partial charge in [-0.2, -0.15) is 0 Å². The molecule has 346 valence electrons. The minimum Gasteiger partial charge on any atom is -0.484 e. The molecule has 1 saturated heterocycles. The van der Waals surface area contributed by atoms with Crippen LogP contribution in [0.25, 0.3) is 0 Å². The van der Waals surface area contributed by atoms with Crippen LogP contribution in [0.1, 0.15) is 48.1 Å². The number of carbonyl (C=O) groups excluding carboxylic acids is 3. The third-order valence-corrected chi connectivity index (χ3v) is 11.9. The van der Waals surface area contributed by atoms with Gasteiger partial charge in [-0.25, -0.2) is 4.79 Å². The first kappa shape index (κ1) is 45.3. The van der Waals surface area contributed by atoms with E-state index in [9.17, 15) is 58.5 Å². The number of benzene rings is 4. The summed E-state index contributed by atoms with van der Waals surface area (Å²) in [6.07, 6.45) is -15.2. The fraction of sp³-hybridized carbons (Fsp3) is 0.357. The number of amides is 2. The standard InChI is InChI=1S/C42H42N2O20S/c1-43-39(52)20-9-12-23(60-42-35(51)32(48)30(46)26(15-45)61-42)24(13-20)64-65(55,56)63-21-10-7-18(8-11-21)16-57-38-28-22(14-25-36(38)59-17-58-25)27-29(44-40(28)53)31(47)33(49)34(50)37(27)62-41(54)19-5-3-2-4-6-19/h2-14,26-27,29-35,37,42,45-51H,15-17H2,1H3,(H,43,52)(H,44,53)/t26-,27+,29+,30+,31-,32+,33-,34+,35-,37+,42-/m1/s1. The molecule has 1 aliphatic carbocycles. The zero-order chi connectivity index (χ0) is 46.3. The van der Waals surface area contributed by atoms with Gasteiger partial charge in [-0.1, -0.05) is 30.3 Å². The first-order valence-electron chi connectivity index (χ1n) is 19.9. The second-order valence-electron chi connectivity index (χ2n) is 15.2. The Morgan fingerprint density at radius 3 is 2.25 bits per heavy atom. The van der Waals surface area contributed by atoms with Crippen molar-refractivity contribution in [2.24, 2.45) is 0 Å². The Morgan fingerprint density at radius 1 is 0.815 bits per heavy atom. The number of rotatable bonds is 13. The van der Waals surface area contributed by atoms with E-state index in [4.69, 9.17) is 36.8 Å². The highest BCUT2D eigenvalue weighted by Crippen LogP contribution is 2.51. The molecule has 0 aromatic heterocycles. The number of aliphatic hydroxyl groups is 7. The molecular weight excluding hydrogens is 885 g/mol. The van der Waals surface area contributed by atoms with Gasteiger partial charge < -0.3 is 83.2 Å². The van der Waals surface area contributed by atoms with Crippen LogP contribution in [0.5, 0.6) is 34.5 Å². The van der Waals surface area contributed by atoms with Crippen LogP contribution in [0.4, 0.5) is 0 Å². The van der Waals surface area contributed by atoms with Crippen LogP contribution in [0, 0.1) is 0 Å². The van der Waals surface area contributed by atoms with E-state index >= 15 is 0 Å². The molecule has 4 aliphatic rings. The van der Waals surface area contributed by atoms with E-state index in [-0.39, 0.29) is 58.7 Å². The third kappa shape index (κ3) is 8.92. The van der Waals surface area contributed by atoms with E-state index in [1.807, 2.05) is 0 Å². The smallest absolute Gasteiger partial charge is 0.484 e. The number of aliphatic hydroxyl groups excluding tert-OH is 7. The van der Waals surface area contributed by atoms with Crippen molar-refractivity contribution in [2.75, 3.05) is 20.4 Å². The topological polar surface area (TPSA) is 325 Å². The molecule has 0 bridgehead atoms. The fourth-order valence-corrected chi connectivity index (χ4v) is 8.60. The average Bonchev–Trinajstić information content (AvgIpc) is 3.78. The zero-order valence-electron chi connectivity index (χ0n) is 33.8. The number of esters is 1. The van der Waals surface area contributed by atoms with Crippen molar-refractivity contribution in [2.45, 2.75) is 73.7 Å². The maximum absolute atomic E-state index is 13.8. The number of fused-ring (bicyclic) bond motifs is 4. The van der Waals surface area contributed by atoms with Crippen molar-refractivity contribution in [3.8, 4) is 34.5 Å². The quantitative estimate of drug-likeness (QED) is 0.0708. The number of carbonyl (C=O) groups is 3. The van der Waals surface area contributed by atoms with Gasteiger partial charge in [0, 0.05) is 18.5 Å². The van der Waals surface area contributed by atoms with Crippen LogP contribution in [-0.2, 0) is 26.5 Å². The number of nitrogens with one attached hydrogen (secondary N) is 2. The van der Waals surface area contributed by atoms with Crippen LogP contribution in [0.3, 0.4) is 0 Å². The Hall–Kier alpha value is -6.28. The van der Waals surface area contributed by atoms with E-state index in [2.05, 4.69) is 10.6 Å².